The van der Waals surface area contributed by atoms with Crippen molar-refractivity contribution >= 4 is 18.3 Å². The highest BCUT2D eigenvalue weighted by Crippen LogP contribution is 2.14. The first kappa shape index (κ1) is 15.7. The molecule has 2 N–H and O–H groups in total. The fourth-order valence-electron chi connectivity index (χ4n) is 1.46. The SMILES string of the molecule is C=CCN(C)C(=O)CC(N)c1ccccc1.Cl. The Morgan fingerprint density at radius 1 is 1.47 bits per heavy atom. The van der Waals surface area contributed by atoms with Crippen molar-refractivity contribution in [3.8, 4) is 0 Å². The molecule has 1 aromatic carbocycles. The molecule has 0 saturated carbocycles. The zero-order valence-corrected chi connectivity index (χ0v) is 10.8. The fraction of sp³-hybridized carbons (Fsp3) is 0.308. The van der Waals surface area contributed by atoms with Gasteiger partial charge < -0.3 is 10.6 Å². The monoisotopic (exact) mass is 254 g/mol. The van der Waals surface area contributed by atoms with Crippen LogP contribution < -0.4 is 5.73 Å². The number of benzene rings is 1. The lowest BCUT2D eigenvalue weighted by molar-refractivity contribution is -0.129. The van der Waals surface area contributed by atoms with Crippen molar-refractivity contribution in [2.24, 2.45) is 5.73 Å². The number of nitrogens with zero attached hydrogens (tertiary/aromatic N) is 1. The number of carbonyl (C=O) groups excluding carboxylic acids is 1. The highest BCUT2D eigenvalue weighted by atomic mass is 35.5. The van der Waals surface area contributed by atoms with E-state index in [2.05, 4.69) is 6.58 Å². The number of amides is 1. The van der Waals surface area contributed by atoms with Crippen LogP contribution in [0.5, 0.6) is 0 Å². The smallest absolute Gasteiger partial charge is 0.224 e. The minimum atomic E-state index is -0.235. The zero-order valence-electron chi connectivity index (χ0n) is 10.0. The standard InChI is InChI=1S/C13H18N2O.ClH/c1-3-9-15(2)13(16)10-12(14)11-7-5-4-6-8-11;/h3-8,12H,1,9-10,14H2,2H3;1H. The lowest BCUT2D eigenvalue weighted by atomic mass is 10.0. The minimum Gasteiger partial charge on any atom is -0.342 e. The molecule has 1 rings (SSSR count). The average Bonchev–Trinajstić information content (AvgIpc) is 2.30. The number of halogens is 1. The average molecular weight is 255 g/mol. The molecule has 0 bridgehead atoms. The van der Waals surface area contributed by atoms with Gasteiger partial charge >= 0.3 is 0 Å². The summed E-state index contributed by atoms with van der Waals surface area (Å²) in [6.07, 6.45) is 2.03. The highest BCUT2D eigenvalue weighted by Gasteiger charge is 2.13. The first-order chi connectivity index (χ1) is 7.65. The van der Waals surface area contributed by atoms with Crippen LogP contribution in [0, 0.1) is 0 Å². The maximum Gasteiger partial charge on any atom is 0.224 e. The van der Waals surface area contributed by atoms with Gasteiger partial charge in [0.2, 0.25) is 5.91 Å². The fourth-order valence-corrected chi connectivity index (χ4v) is 1.46. The van der Waals surface area contributed by atoms with Crippen LogP contribution in [0.1, 0.15) is 18.0 Å². The Morgan fingerprint density at radius 3 is 2.59 bits per heavy atom. The van der Waals surface area contributed by atoms with Crippen LogP contribution in [0.2, 0.25) is 0 Å². The van der Waals surface area contributed by atoms with Gasteiger partial charge in [-0.25, -0.2) is 0 Å². The molecule has 1 aromatic rings. The van der Waals surface area contributed by atoms with Gasteiger partial charge in [-0.1, -0.05) is 36.4 Å². The molecule has 17 heavy (non-hydrogen) atoms. The van der Waals surface area contributed by atoms with Crippen LogP contribution in [0.15, 0.2) is 43.0 Å². The van der Waals surface area contributed by atoms with Gasteiger partial charge in [-0.2, -0.15) is 0 Å². The molecule has 1 atom stereocenters. The van der Waals surface area contributed by atoms with Crippen molar-refractivity contribution in [3.05, 3.63) is 48.6 Å². The second kappa shape index (κ2) is 7.87. The summed E-state index contributed by atoms with van der Waals surface area (Å²) in [6, 6.07) is 9.42. The summed E-state index contributed by atoms with van der Waals surface area (Å²) in [4.78, 5) is 13.3. The van der Waals surface area contributed by atoms with Crippen molar-refractivity contribution < 1.29 is 4.79 Å². The molecule has 0 spiro atoms. The summed E-state index contributed by atoms with van der Waals surface area (Å²) in [6.45, 7) is 4.15. The van der Waals surface area contributed by atoms with Crippen molar-refractivity contribution in [2.75, 3.05) is 13.6 Å². The van der Waals surface area contributed by atoms with E-state index < -0.39 is 0 Å². The van der Waals surface area contributed by atoms with Gasteiger partial charge in [-0.05, 0) is 5.56 Å². The molecule has 4 heteroatoms. The summed E-state index contributed by atoms with van der Waals surface area (Å²) in [7, 11) is 1.75. The molecule has 1 unspecified atom stereocenters. The van der Waals surface area contributed by atoms with Crippen LogP contribution in [-0.2, 0) is 4.79 Å². The van der Waals surface area contributed by atoms with E-state index in [9.17, 15) is 4.79 Å². The zero-order chi connectivity index (χ0) is 12.0. The first-order valence-electron chi connectivity index (χ1n) is 5.30. The van der Waals surface area contributed by atoms with Crippen LogP contribution in [0.4, 0.5) is 0 Å². The Kier molecular flexibility index (Phi) is 7.26. The van der Waals surface area contributed by atoms with Gasteiger partial charge in [0, 0.05) is 26.1 Å². The van der Waals surface area contributed by atoms with Crippen molar-refractivity contribution in [2.45, 2.75) is 12.5 Å². The molecular weight excluding hydrogens is 236 g/mol. The molecular formula is C13H19ClN2O. The summed E-state index contributed by atoms with van der Waals surface area (Å²) < 4.78 is 0. The van der Waals surface area contributed by atoms with Crippen LogP contribution >= 0.6 is 12.4 Å². The van der Waals surface area contributed by atoms with E-state index in [0.29, 0.717) is 13.0 Å². The Hall–Kier alpha value is -1.32. The van der Waals surface area contributed by atoms with Gasteiger partial charge in [0.1, 0.15) is 0 Å². The molecule has 3 nitrogen and oxygen atoms in total. The van der Waals surface area contributed by atoms with Gasteiger partial charge in [0.15, 0.2) is 0 Å². The molecule has 0 aliphatic rings. The van der Waals surface area contributed by atoms with E-state index in [-0.39, 0.29) is 24.4 Å². The van der Waals surface area contributed by atoms with E-state index in [1.54, 1.807) is 18.0 Å². The molecule has 1 amide bonds. The molecule has 94 valence electrons. The van der Waals surface area contributed by atoms with Crippen molar-refractivity contribution in [1.29, 1.82) is 0 Å². The molecule has 0 aliphatic heterocycles. The number of hydrogen-bond acceptors (Lipinski definition) is 2. The van der Waals surface area contributed by atoms with E-state index in [1.807, 2.05) is 30.3 Å². The highest BCUT2D eigenvalue weighted by molar-refractivity contribution is 5.85. The molecule has 0 radical (unpaired) electrons. The Bertz CT molecular complexity index is 354. The predicted octanol–water partition coefficient (Wildman–Crippen LogP) is 2.14. The third-order valence-corrected chi connectivity index (χ3v) is 2.45. The summed E-state index contributed by atoms with van der Waals surface area (Å²) >= 11 is 0. The quantitative estimate of drug-likeness (QED) is 0.819. The van der Waals surface area contributed by atoms with Gasteiger partial charge in [0.25, 0.3) is 0 Å². The molecule has 0 aromatic heterocycles. The van der Waals surface area contributed by atoms with Gasteiger partial charge in [0.05, 0.1) is 0 Å². The Balaban J connectivity index is 0.00000256. The summed E-state index contributed by atoms with van der Waals surface area (Å²) in [5, 5.41) is 0. The maximum atomic E-state index is 11.7. The predicted molar refractivity (Wildman–Crippen MR) is 73.1 cm³/mol. The summed E-state index contributed by atoms with van der Waals surface area (Å²) in [5.41, 5.74) is 6.95. The van der Waals surface area contributed by atoms with E-state index in [1.165, 1.54) is 0 Å². The minimum absolute atomic E-state index is 0. The maximum absolute atomic E-state index is 11.7. The third-order valence-electron chi connectivity index (χ3n) is 2.45. The van der Waals surface area contributed by atoms with Crippen LogP contribution in [0.25, 0.3) is 0 Å². The van der Waals surface area contributed by atoms with E-state index in [0.717, 1.165) is 5.56 Å². The van der Waals surface area contributed by atoms with Crippen molar-refractivity contribution in [1.82, 2.24) is 4.90 Å². The number of likely N-dealkylation sites (N-methyl/N-ethyl adjacent to an activating group) is 1. The number of rotatable bonds is 5. The number of carbonyl (C=O) groups is 1. The topological polar surface area (TPSA) is 46.3 Å². The molecule has 0 aliphatic carbocycles. The largest absolute Gasteiger partial charge is 0.342 e. The Morgan fingerprint density at radius 2 is 2.06 bits per heavy atom. The van der Waals surface area contributed by atoms with Gasteiger partial charge in [-0.15, -0.1) is 19.0 Å². The first-order valence-corrected chi connectivity index (χ1v) is 5.30. The van der Waals surface area contributed by atoms with Crippen molar-refractivity contribution in [3.63, 3.8) is 0 Å². The second-order valence-corrected chi connectivity index (χ2v) is 3.78. The summed E-state index contributed by atoms with van der Waals surface area (Å²) in [5.74, 6) is 0.0382. The molecule has 0 saturated heterocycles. The van der Waals surface area contributed by atoms with Gasteiger partial charge in [-0.3, -0.25) is 4.79 Å². The normalized spacial score (nSPS) is 11.2. The molecule has 0 heterocycles. The third kappa shape index (κ3) is 5.02. The van der Waals surface area contributed by atoms with E-state index >= 15 is 0 Å². The number of hydrogen-bond donors (Lipinski definition) is 1. The Labute approximate surface area is 109 Å². The second-order valence-electron chi connectivity index (χ2n) is 3.78. The molecule has 0 fully saturated rings. The van der Waals surface area contributed by atoms with Crippen LogP contribution in [-0.4, -0.2) is 24.4 Å². The number of nitrogens with two attached hydrogens (primary N) is 1. The van der Waals surface area contributed by atoms with E-state index in [4.69, 9.17) is 5.73 Å². The van der Waals surface area contributed by atoms with Crippen LogP contribution in [0.3, 0.4) is 0 Å². The lowest BCUT2D eigenvalue weighted by Gasteiger charge is -2.18. The lowest BCUT2D eigenvalue weighted by Crippen LogP contribution is -2.29.